The minimum absolute atomic E-state index is 0.770. The number of nitroso groups, excluding NO2 is 1. The molecule has 0 rings (SSSR count). The van der Waals surface area contributed by atoms with Gasteiger partial charge < -0.3 is 0 Å². The van der Waals surface area contributed by atoms with Crippen molar-refractivity contribution >= 4 is 0 Å². The van der Waals surface area contributed by atoms with E-state index in [0.29, 0.717) is 0 Å². The van der Waals surface area contributed by atoms with E-state index in [0.717, 1.165) is 12.8 Å². The monoisotopic (exact) mass is 97.1 g/mol. The summed E-state index contributed by atoms with van der Waals surface area (Å²) < 4.78 is 0. The van der Waals surface area contributed by atoms with Crippen molar-refractivity contribution in [2.45, 2.75) is 19.8 Å². The molecule has 0 unspecified atom stereocenters. The first-order chi connectivity index (χ1) is 3.41. The molecular formula is C5H7NO. The fraction of sp³-hybridized carbons (Fsp3) is 0.600. The summed E-state index contributed by atoms with van der Waals surface area (Å²) in [6.07, 6.45) is 1.76. The number of nitrogens with zero attached hydrogens (tertiary/aromatic N) is 1. The summed E-state index contributed by atoms with van der Waals surface area (Å²) >= 11 is 0. The zero-order valence-electron chi connectivity index (χ0n) is 4.27. The standard InChI is InChI=1S/C5H7NO/c1-2-3-4-5-6-7/h2-3H2,1H3. The van der Waals surface area contributed by atoms with Gasteiger partial charge in [-0.05, 0) is 6.42 Å². The molecular weight excluding hydrogens is 90.1 g/mol. The van der Waals surface area contributed by atoms with Crippen LogP contribution in [-0.4, -0.2) is 0 Å². The summed E-state index contributed by atoms with van der Waals surface area (Å²) in [6.45, 7) is 2.00. The van der Waals surface area contributed by atoms with Gasteiger partial charge in [-0.25, -0.2) is 0 Å². The van der Waals surface area contributed by atoms with Crippen molar-refractivity contribution in [3.05, 3.63) is 4.91 Å². The van der Waals surface area contributed by atoms with E-state index in [1.807, 2.05) is 6.92 Å². The summed E-state index contributed by atoms with van der Waals surface area (Å²) in [6, 6.07) is 2.07. The van der Waals surface area contributed by atoms with E-state index < -0.39 is 0 Å². The topological polar surface area (TPSA) is 29.4 Å². The van der Waals surface area contributed by atoms with Gasteiger partial charge in [0.05, 0.1) is 6.04 Å². The zero-order valence-corrected chi connectivity index (χ0v) is 4.27. The third-order valence-corrected chi connectivity index (χ3v) is 0.500. The van der Waals surface area contributed by atoms with Crippen molar-refractivity contribution in [1.82, 2.24) is 0 Å². The molecule has 0 aromatic heterocycles. The summed E-state index contributed by atoms with van der Waals surface area (Å²) in [7, 11) is 0. The maximum Gasteiger partial charge on any atom is 0.0805 e. The van der Waals surface area contributed by atoms with Crippen LogP contribution in [0.5, 0.6) is 0 Å². The molecule has 0 spiro atoms. The number of unbranched alkanes of at least 4 members (excludes halogenated alkanes) is 1. The zero-order chi connectivity index (χ0) is 5.54. The van der Waals surface area contributed by atoms with Gasteiger partial charge in [0.15, 0.2) is 0 Å². The Morgan fingerprint density at radius 2 is 2.43 bits per heavy atom. The van der Waals surface area contributed by atoms with Crippen LogP contribution in [0.1, 0.15) is 19.8 Å². The first kappa shape index (κ1) is 6.16. The Kier molecular flexibility index (Phi) is 4.54. The predicted molar refractivity (Wildman–Crippen MR) is 28.5 cm³/mol. The molecule has 0 heterocycles. The summed E-state index contributed by atoms with van der Waals surface area (Å²) in [5.74, 6) is 2.56. The fourth-order valence-electron chi connectivity index (χ4n) is 0.213. The van der Waals surface area contributed by atoms with E-state index in [2.05, 4.69) is 17.1 Å². The van der Waals surface area contributed by atoms with E-state index in [4.69, 9.17) is 0 Å². The van der Waals surface area contributed by atoms with Crippen LogP contribution in [0.25, 0.3) is 0 Å². The molecule has 0 aliphatic carbocycles. The van der Waals surface area contributed by atoms with Gasteiger partial charge in [-0.1, -0.05) is 12.8 Å². The molecule has 38 valence electrons. The maximum absolute atomic E-state index is 9.26. The lowest BCUT2D eigenvalue weighted by Crippen LogP contribution is -1.57. The first-order valence-electron chi connectivity index (χ1n) is 2.22. The predicted octanol–water partition coefficient (Wildman–Crippen LogP) is 1.51. The molecule has 7 heavy (non-hydrogen) atoms. The normalized spacial score (nSPS) is 6.43. The van der Waals surface area contributed by atoms with Crippen molar-refractivity contribution in [2.24, 2.45) is 5.18 Å². The Morgan fingerprint density at radius 3 is 2.86 bits per heavy atom. The molecule has 0 aliphatic heterocycles. The van der Waals surface area contributed by atoms with Gasteiger partial charge in [0.25, 0.3) is 0 Å². The average molecular weight is 97.1 g/mol. The lowest BCUT2D eigenvalue weighted by Gasteiger charge is -1.70. The summed E-state index contributed by atoms with van der Waals surface area (Å²) in [5, 5.41) is 2.36. The van der Waals surface area contributed by atoms with Gasteiger partial charge in [-0.3, -0.25) is 0 Å². The van der Waals surface area contributed by atoms with Gasteiger partial charge in [0.2, 0.25) is 0 Å². The highest BCUT2D eigenvalue weighted by Crippen LogP contribution is 1.79. The average Bonchev–Trinajstić information content (AvgIpc) is 1.69. The van der Waals surface area contributed by atoms with Crippen molar-refractivity contribution in [3.8, 4) is 12.0 Å². The third-order valence-electron chi connectivity index (χ3n) is 0.500. The third kappa shape index (κ3) is 5.16. The van der Waals surface area contributed by atoms with Crippen molar-refractivity contribution < 1.29 is 0 Å². The molecule has 0 aliphatic rings. The highest BCUT2D eigenvalue weighted by atomic mass is 16.2. The molecule has 0 amide bonds. The molecule has 2 heteroatoms. The number of hydrogen-bond acceptors (Lipinski definition) is 2. The largest absolute Gasteiger partial charge is 0.135 e. The second-order valence-corrected chi connectivity index (χ2v) is 1.13. The van der Waals surface area contributed by atoms with Gasteiger partial charge in [0, 0.05) is 11.6 Å². The molecule has 0 atom stereocenters. The highest BCUT2D eigenvalue weighted by Gasteiger charge is 1.66. The maximum atomic E-state index is 9.26. The van der Waals surface area contributed by atoms with E-state index in [-0.39, 0.29) is 0 Å². The minimum atomic E-state index is 0.770. The van der Waals surface area contributed by atoms with Crippen LogP contribution < -0.4 is 0 Å². The lowest BCUT2D eigenvalue weighted by molar-refractivity contribution is 0.982. The molecule has 0 bridgehead atoms. The van der Waals surface area contributed by atoms with Crippen LogP contribution in [0.3, 0.4) is 0 Å². The Hall–Kier alpha value is -0.840. The Balaban J connectivity index is 3.07. The van der Waals surface area contributed by atoms with Crippen LogP contribution in [-0.2, 0) is 0 Å². The first-order valence-corrected chi connectivity index (χ1v) is 2.22. The molecule has 0 fully saturated rings. The highest BCUT2D eigenvalue weighted by molar-refractivity contribution is 4.95. The number of rotatable bonds is 1. The van der Waals surface area contributed by atoms with Crippen LogP contribution in [0.2, 0.25) is 0 Å². The van der Waals surface area contributed by atoms with Gasteiger partial charge in [0.1, 0.15) is 0 Å². The Morgan fingerprint density at radius 1 is 1.71 bits per heavy atom. The molecule has 0 aromatic rings. The number of hydrogen-bond donors (Lipinski definition) is 0. The van der Waals surface area contributed by atoms with Crippen molar-refractivity contribution in [1.29, 1.82) is 0 Å². The van der Waals surface area contributed by atoms with Gasteiger partial charge in [-0.2, -0.15) is 0 Å². The molecule has 0 N–H and O–H groups in total. The lowest BCUT2D eigenvalue weighted by atomic mass is 10.4. The van der Waals surface area contributed by atoms with Crippen molar-refractivity contribution in [2.75, 3.05) is 0 Å². The van der Waals surface area contributed by atoms with Crippen LogP contribution >= 0.6 is 0 Å². The second kappa shape index (κ2) is 5.16. The SMILES string of the molecule is CCCC#CN=O. The van der Waals surface area contributed by atoms with E-state index in [1.54, 1.807) is 0 Å². The van der Waals surface area contributed by atoms with E-state index in [1.165, 1.54) is 0 Å². The molecule has 0 aromatic carbocycles. The van der Waals surface area contributed by atoms with Crippen LogP contribution in [0.15, 0.2) is 5.18 Å². The van der Waals surface area contributed by atoms with Crippen molar-refractivity contribution in [3.63, 3.8) is 0 Å². The molecule has 0 saturated carbocycles. The Labute approximate surface area is 42.9 Å². The summed E-state index contributed by atoms with van der Waals surface area (Å²) in [5.41, 5.74) is 0. The second-order valence-electron chi connectivity index (χ2n) is 1.13. The van der Waals surface area contributed by atoms with E-state index in [9.17, 15) is 4.91 Å². The van der Waals surface area contributed by atoms with Gasteiger partial charge in [-0.15, -0.1) is 4.91 Å². The minimum Gasteiger partial charge on any atom is -0.135 e. The quantitative estimate of drug-likeness (QED) is 0.360. The van der Waals surface area contributed by atoms with Crippen LogP contribution in [0, 0.1) is 16.9 Å². The smallest absolute Gasteiger partial charge is 0.0805 e. The summed E-state index contributed by atoms with van der Waals surface area (Å²) in [4.78, 5) is 9.26. The van der Waals surface area contributed by atoms with Gasteiger partial charge >= 0.3 is 0 Å². The Bertz CT molecular complexity index is 98.4. The van der Waals surface area contributed by atoms with Crippen LogP contribution in [0.4, 0.5) is 0 Å². The molecule has 0 radical (unpaired) electrons. The molecule has 2 nitrogen and oxygen atoms in total. The molecule has 0 saturated heterocycles. The fourth-order valence-corrected chi connectivity index (χ4v) is 0.213. The van der Waals surface area contributed by atoms with E-state index >= 15 is 0 Å².